The summed E-state index contributed by atoms with van der Waals surface area (Å²) in [6, 6.07) is 0. The zero-order chi connectivity index (χ0) is 10.1. The number of carbonyl (C=O) groups is 1. The third-order valence-electron chi connectivity index (χ3n) is 2.86. The molecule has 1 saturated heterocycles. The van der Waals surface area contributed by atoms with Gasteiger partial charge in [0, 0.05) is 18.4 Å². The lowest BCUT2D eigenvalue weighted by atomic mass is 9.70. The van der Waals surface area contributed by atoms with Crippen molar-refractivity contribution in [1.82, 2.24) is 0 Å². The minimum Gasteiger partial charge on any atom is -0.468 e. The Morgan fingerprint density at radius 1 is 1.54 bits per heavy atom. The van der Waals surface area contributed by atoms with Crippen LogP contribution in [0, 0.1) is 5.41 Å². The Hall–Kier alpha value is -0.610. The van der Waals surface area contributed by atoms with Gasteiger partial charge in [0.15, 0.2) is 0 Å². The first-order chi connectivity index (χ1) is 5.94. The van der Waals surface area contributed by atoms with Gasteiger partial charge in [0.1, 0.15) is 5.54 Å². The molecular formula is C9H17NO3. The van der Waals surface area contributed by atoms with E-state index in [2.05, 4.69) is 0 Å². The topological polar surface area (TPSA) is 61.5 Å². The van der Waals surface area contributed by atoms with Gasteiger partial charge in [-0.3, -0.25) is 4.79 Å². The van der Waals surface area contributed by atoms with Crippen molar-refractivity contribution in [2.75, 3.05) is 20.3 Å². The van der Waals surface area contributed by atoms with Crippen molar-refractivity contribution >= 4 is 5.97 Å². The van der Waals surface area contributed by atoms with E-state index in [9.17, 15) is 4.79 Å². The van der Waals surface area contributed by atoms with Crippen molar-refractivity contribution in [1.29, 1.82) is 0 Å². The fourth-order valence-electron chi connectivity index (χ4n) is 1.59. The van der Waals surface area contributed by atoms with Crippen LogP contribution in [-0.4, -0.2) is 31.8 Å². The van der Waals surface area contributed by atoms with Crippen LogP contribution in [0.3, 0.4) is 0 Å². The second-order valence-corrected chi connectivity index (χ2v) is 4.15. The van der Waals surface area contributed by atoms with Gasteiger partial charge in [-0.05, 0) is 0 Å². The van der Waals surface area contributed by atoms with Crippen LogP contribution in [0.15, 0.2) is 0 Å². The molecule has 76 valence electrons. The molecule has 13 heavy (non-hydrogen) atoms. The van der Waals surface area contributed by atoms with Crippen LogP contribution >= 0.6 is 0 Å². The van der Waals surface area contributed by atoms with Crippen LogP contribution in [0.4, 0.5) is 0 Å². The van der Waals surface area contributed by atoms with Gasteiger partial charge in [-0.15, -0.1) is 0 Å². The van der Waals surface area contributed by atoms with E-state index < -0.39 is 5.54 Å². The highest BCUT2D eigenvalue weighted by Gasteiger charge is 2.51. The number of carbonyl (C=O) groups excluding carboxylic acids is 1. The van der Waals surface area contributed by atoms with E-state index in [1.165, 1.54) is 7.11 Å². The van der Waals surface area contributed by atoms with Crippen LogP contribution in [0.1, 0.15) is 20.3 Å². The van der Waals surface area contributed by atoms with Crippen LogP contribution < -0.4 is 5.73 Å². The maximum absolute atomic E-state index is 11.5. The lowest BCUT2D eigenvalue weighted by Crippen LogP contribution is -2.63. The average Bonchev–Trinajstić information content (AvgIpc) is 2.08. The highest BCUT2D eigenvalue weighted by Crippen LogP contribution is 2.36. The van der Waals surface area contributed by atoms with Crippen molar-refractivity contribution in [3.05, 3.63) is 0 Å². The Morgan fingerprint density at radius 3 is 2.62 bits per heavy atom. The minimum atomic E-state index is -0.903. The molecule has 0 aromatic rings. The summed E-state index contributed by atoms with van der Waals surface area (Å²) in [5.41, 5.74) is 4.77. The van der Waals surface area contributed by atoms with Crippen LogP contribution in [0.25, 0.3) is 0 Å². The third-order valence-corrected chi connectivity index (χ3v) is 2.86. The fraction of sp³-hybridized carbons (Fsp3) is 0.889. The summed E-state index contributed by atoms with van der Waals surface area (Å²) in [7, 11) is 1.36. The van der Waals surface area contributed by atoms with Crippen LogP contribution in [0.2, 0.25) is 0 Å². The normalized spacial score (nSPS) is 32.6. The monoisotopic (exact) mass is 187 g/mol. The molecule has 1 fully saturated rings. The van der Waals surface area contributed by atoms with E-state index in [1.54, 1.807) is 0 Å². The summed E-state index contributed by atoms with van der Waals surface area (Å²) >= 11 is 0. The Kier molecular flexibility index (Phi) is 2.63. The zero-order valence-electron chi connectivity index (χ0n) is 8.42. The first-order valence-electron chi connectivity index (χ1n) is 4.39. The summed E-state index contributed by atoms with van der Waals surface area (Å²) < 4.78 is 10.00. The molecule has 0 spiro atoms. The summed E-state index contributed by atoms with van der Waals surface area (Å²) in [5.74, 6) is -0.346. The quantitative estimate of drug-likeness (QED) is 0.600. The molecule has 2 N–H and O–H groups in total. The van der Waals surface area contributed by atoms with Gasteiger partial charge in [0.25, 0.3) is 0 Å². The maximum atomic E-state index is 11.5. The molecule has 0 aliphatic carbocycles. The van der Waals surface area contributed by atoms with E-state index >= 15 is 0 Å². The Bertz CT molecular complexity index is 215. The summed E-state index contributed by atoms with van der Waals surface area (Å²) in [4.78, 5) is 11.5. The predicted octanol–water partition coefficient (Wildman–Crippen LogP) is 0.303. The summed E-state index contributed by atoms with van der Waals surface area (Å²) in [6.07, 6.45) is 0.521. The predicted molar refractivity (Wildman–Crippen MR) is 48.2 cm³/mol. The molecule has 1 rings (SSSR count). The van der Waals surface area contributed by atoms with Crippen LogP contribution in [0.5, 0.6) is 0 Å². The maximum Gasteiger partial charge on any atom is 0.326 e. The van der Waals surface area contributed by atoms with Crippen LogP contribution in [-0.2, 0) is 14.3 Å². The molecule has 1 unspecified atom stereocenters. The number of esters is 1. The molecule has 1 aliphatic rings. The fourth-order valence-corrected chi connectivity index (χ4v) is 1.59. The smallest absolute Gasteiger partial charge is 0.326 e. The summed E-state index contributed by atoms with van der Waals surface area (Å²) in [5, 5.41) is 0. The van der Waals surface area contributed by atoms with Gasteiger partial charge in [-0.1, -0.05) is 13.8 Å². The number of hydrogen-bond donors (Lipinski definition) is 1. The Morgan fingerprint density at radius 2 is 2.15 bits per heavy atom. The van der Waals surface area contributed by atoms with E-state index in [0.717, 1.165) is 0 Å². The van der Waals surface area contributed by atoms with Crippen molar-refractivity contribution in [3.63, 3.8) is 0 Å². The van der Waals surface area contributed by atoms with E-state index in [1.807, 2.05) is 13.8 Å². The number of nitrogens with two attached hydrogens (primary N) is 1. The van der Waals surface area contributed by atoms with E-state index in [-0.39, 0.29) is 11.4 Å². The lowest BCUT2D eigenvalue weighted by Gasteiger charge is -2.44. The van der Waals surface area contributed by atoms with Crippen molar-refractivity contribution < 1.29 is 14.3 Å². The molecule has 4 nitrogen and oxygen atoms in total. The van der Waals surface area contributed by atoms with Crippen molar-refractivity contribution in [2.24, 2.45) is 11.1 Å². The average molecular weight is 187 g/mol. The van der Waals surface area contributed by atoms with E-state index in [0.29, 0.717) is 19.6 Å². The number of hydrogen-bond acceptors (Lipinski definition) is 4. The molecule has 0 aromatic carbocycles. The van der Waals surface area contributed by atoms with E-state index in [4.69, 9.17) is 15.2 Å². The Labute approximate surface area is 78.4 Å². The Balaban J connectivity index is 2.90. The van der Waals surface area contributed by atoms with Gasteiger partial charge < -0.3 is 15.2 Å². The minimum absolute atomic E-state index is 0.346. The lowest BCUT2D eigenvalue weighted by molar-refractivity contribution is -0.160. The van der Waals surface area contributed by atoms with Gasteiger partial charge in [-0.25, -0.2) is 0 Å². The summed E-state index contributed by atoms with van der Waals surface area (Å²) in [6.45, 7) is 4.86. The molecule has 0 amide bonds. The molecule has 1 aliphatic heterocycles. The molecule has 0 bridgehead atoms. The molecular weight excluding hydrogens is 170 g/mol. The molecule has 0 saturated carbocycles. The number of ether oxygens (including phenoxy) is 2. The second kappa shape index (κ2) is 3.27. The largest absolute Gasteiger partial charge is 0.468 e. The third kappa shape index (κ3) is 1.56. The second-order valence-electron chi connectivity index (χ2n) is 4.15. The highest BCUT2D eigenvalue weighted by molar-refractivity contribution is 5.81. The van der Waals surface area contributed by atoms with Gasteiger partial charge in [0.2, 0.25) is 0 Å². The number of rotatable bonds is 1. The van der Waals surface area contributed by atoms with Crippen molar-refractivity contribution in [2.45, 2.75) is 25.8 Å². The van der Waals surface area contributed by atoms with Gasteiger partial charge >= 0.3 is 5.97 Å². The molecule has 0 radical (unpaired) electrons. The standard InChI is InChI=1S/C9H17NO3/c1-8(2)6-13-5-4-9(8,10)7(11)12-3/h4-6,10H2,1-3H3. The zero-order valence-corrected chi connectivity index (χ0v) is 8.42. The number of methoxy groups -OCH3 is 1. The highest BCUT2D eigenvalue weighted by atomic mass is 16.5. The van der Waals surface area contributed by atoms with Gasteiger partial charge in [-0.2, -0.15) is 0 Å². The van der Waals surface area contributed by atoms with Gasteiger partial charge in [0.05, 0.1) is 13.7 Å². The molecule has 1 atom stereocenters. The van der Waals surface area contributed by atoms with Crippen molar-refractivity contribution in [3.8, 4) is 0 Å². The molecule has 4 heteroatoms. The molecule has 1 heterocycles. The molecule has 0 aromatic heterocycles. The first-order valence-corrected chi connectivity index (χ1v) is 4.39. The first kappa shape index (κ1) is 10.5. The SMILES string of the molecule is COC(=O)C1(N)CCOCC1(C)C.